The molecule has 146 valence electrons. The fourth-order valence-corrected chi connectivity index (χ4v) is 3.46. The van der Waals surface area contributed by atoms with Crippen LogP contribution in [0.4, 0.5) is 5.13 Å². The molecule has 0 atom stereocenters. The zero-order chi connectivity index (χ0) is 20.1. The average molecular weight is 419 g/mol. The van der Waals surface area contributed by atoms with Gasteiger partial charge in [0.05, 0.1) is 17.8 Å². The summed E-state index contributed by atoms with van der Waals surface area (Å²) in [6.45, 7) is 2.51. The van der Waals surface area contributed by atoms with Gasteiger partial charge in [0.25, 0.3) is 11.5 Å². The third kappa shape index (κ3) is 4.58. The first kappa shape index (κ1) is 20.0. The van der Waals surface area contributed by atoms with E-state index >= 15 is 0 Å². The Morgan fingerprint density at radius 1 is 1.32 bits per heavy atom. The molecule has 0 saturated carbocycles. The SMILES string of the molecule is CCCCn1nc(C(=O)Nc2nc(-c3ccc(OC)c(Cl)c3)cs2)ccc1=O. The smallest absolute Gasteiger partial charge is 0.277 e. The summed E-state index contributed by atoms with van der Waals surface area (Å²) in [4.78, 5) is 28.7. The van der Waals surface area contributed by atoms with Gasteiger partial charge in [-0.2, -0.15) is 5.10 Å². The van der Waals surface area contributed by atoms with Gasteiger partial charge >= 0.3 is 0 Å². The summed E-state index contributed by atoms with van der Waals surface area (Å²) in [5, 5.41) is 9.60. The number of carbonyl (C=O) groups excluding carboxylic acids is 1. The summed E-state index contributed by atoms with van der Waals surface area (Å²) in [5.41, 5.74) is 1.44. The molecule has 0 saturated heterocycles. The highest BCUT2D eigenvalue weighted by Crippen LogP contribution is 2.31. The van der Waals surface area contributed by atoms with Crippen molar-refractivity contribution in [1.82, 2.24) is 14.8 Å². The van der Waals surface area contributed by atoms with Crippen LogP contribution in [-0.2, 0) is 6.54 Å². The van der Waals surface area contributed by atoms with Gasteiger partial charge in [0, 0.05) is 23.6 Å². The van der Waals surface area contributed by atoms with E-state index in [-0.39, 0.29) is 11.3 Å². The standard InChI is InChI=1S/C19H19ClN4O3S/c1-3-4-9-24-17(25)8-6-14(23-24)18(26)22-19-21-15(11-28-19)12-5-7-16(27-2)13(20)10-12/h5-8,10-11H,3-4,9H2,1-2H3,(H,21,22,26). The quantitative estimate of drug-likeness (QED) is 0.624. The van der Waals surface area contributed by atoms with Crippen LogP contribution in [0.2, 0.25) is 5.02 Å². The molecule has 28 heavy (non-hydrogen) atoms. The van der Waals surface area contributed by atoms with Crippen LogP contribution in [0.15, 0.2) is 40.5 Å². The Kier molecular flexibility index (Phi) is 6.43. The Bertz CT molecular complexity index is 1050. The van der Waals surface area contributed by atoms with E-state index in [1.165, 1.54) is 28.2 Å². The van der Waals surface area contributed by atoms with Crippen LogP contribution in [0.1, 0.15) is 30.3 Å². The van der Waals surface area contributed by atoms with Gasteiger partial charge in [-0.1, -0.05) is 24.9 Å². The Labute approximate surface area is 171 Å². The predicted molar refractivity (Wildman–Crippen MR) is 110 cm³/mol. The van der Waals surface area contributed by atoms with Crippen LogP contribution in [0.5, 0.6) is 5.75 Å². The van der Waals surface area contributed by atoms with E-state index < -0.39 is 5.91 Å². The third-order valence-corrected chi connectivity index (χ3v) is 5.05. The van der Waals surface area contributed by atoms with Gasteiger partial charge in [-0.15, -0.1) is 11.3 Å². The highest BCUT2D eigenvalue weighted by Gasteiger charge is 2.13. The minimum Gasteiger partial charge on any atom is -0.495 e. The lowest BCUT2D eigenvalue weighted by Crippen LogP contribution is -2.26. The maximum atomic E-state index is 12.5. The van der Waals surface area contributed by atoms with E-state index in [1.807, 2.05) is 18.4 Å². The van der Waals surface area contributed by atoms with Crippen molar-refractivity contribution in [3.63, 3.8) is 0 Å². The minimum absolute atomic E-state index is 0.167. The largest absolute Gasteiger partial charge is 0.495 e. The number of nitrogens with one attached hydrogen (secondary N) is 1. The molecule has 2 aromatic heterocycles. The van der Waals surface area contributed by atoms with Crippen molar-refractivity contribution in [3.8, 4) is 17.0 Å². The molecule has 2 heterocycles. The number of benzene rings is 1. The molecule has 1 aromatic carbocycles. The molecule has 3 aromatic rings. The molecule has 1 amide bonds. The zero-order valence-corrected chi connectivity index (χ0v) is 17.0. The van der Waals surface area contributed by atoms with Gasteiger partial charge in [0.2, 0.25) is 0 Å². The van der Waals surface area contributed by atoms with Crippen LogP contribution in [0.25, 0.3) is 11.3 Å². The van der Waals surface area contributed by atoms with E-state index in [0.717, 1.165) is 18.4 Å². The summed E-state index contributed by atoms with van der Waals surface area (Å²) in [5.74, 6) is 0.164. The number of methoxy groups -OCH3 is 1. The number of aromatic nitrogens is 3. The van der Waals surface area contributed by atoms with Crippen molar-refractivity contribution in [3.05, 3.63) is 56.8 Å². The fraction of sp³-hybridized carbons (Fsp3) is 0.263. The van der Waals surface area contributed by atoms with E-state index in [1.54, 1.807) is 19.2 Å². The summed E-state index contributed by atoms with van der Waals surface area (Å²) in [7, 11) is 1.55. The number of ether oxygens (including phenoxy) is 1. The molecule has 0 spiro atoms. The second-order valence-corrected chi connectivity index (χ2v) is 7.24. The lowest BCUT2D eigenvalue weighted by molar-refractivity contribution is 0.101. The van der Waals surface area contributed by atoms with Crippen molar-refractivity contribution < 1.29 is 9.53 Å². The molecule has 3 rings (SSSR count). The molecular weight excluding hydrogens is 400 g/mol. The first-order valence-electron chi connectivity index (χ1n) is 8.70. The maximum Gasteiger partial charge on any atom is 0.277 e. The van der Waals surface area contributed by atoms with Crippen LogP contribution >= 0.6 is 22.9 Å². The van der Waals surface area contributed by atoms with Crippen molar-refractivity contribution in [2.45, 2.75) is 26.3 Å². The number of thiazole rings is 1. The second kappa shape index (κ2) is 8.99. The number of carbonyl (C=O) groups is 1. The normalized spacial score (nSPS) is 10.7. The number of aryl methyl sites for hydroxylation is 1. The molecular formula is C19H19ClN4O3S. The van der Waals surface area contributed by atoms with E-state index in [4.69, 9.17) is 16.3 Å². The van der Waals surface area contributed by atoms with E-state index in [2.05, 4.69) is 15.4 Å². The predicted octanol–water partition coefficient (Wildman–Crippen LogP) is 4.08. The van der Waals surface area contributed by atoms with Crippen LogP contribution in [-0.4, -0.2) is 27.8 Å². The van der Waals surface area contributed by atoms with Gasteiger partial charge in [0.1, 0.15) is 11.4 Å². The molecule has 0 bridgehead atoms. The maximum absolute atomic E-state index is 12.5. The summed E-state index contributed by atoms with van der Waals surface area (Å²) >= 11 is 7.45. The van der Waals surface area contributed by atoms with Crippen molar-refractivity contribution in [2.24, 2.45) is 0 Å². The zero-order valence-electron chi connectivity index (χ0n) is 15.4. The highest BCUT2D eigenvalue weighted by atomic mass is 35.5. The van der Waals surface area contributed by atoms with Gasteiger partial charge in [0.15, 0.2) is 5.13 Å². The first-order valence-corrected chi connectivity index (χ1v) is 9.96. The van der Waals surface area contributed by atoms with E-state index in [9.17, 15) is 9.59 Å². The number of rotatable bonds is 7. The molecule has 9 heteroatoms. The van der Waals surface area contributed by atoms with Gasteiger partial charge in [-0.05, 0) is 30.7 Å². The summed E-state index contributed by atoms with van der Waals surface area (Å²) in [6, 6.07) is 8.13. The number of amides is 1. The number of unbranched alkanes of at least 4 members (excludes halogenated alkanes) is 1. The Morgan fingerprint density at radius 2 is 2.14 bits per heavy atom. The Balaban J connectivity index is 1.75. The lowest BCUT2D eigenvalue weighted by atomic mass is 10.2. The Morgan fingerprint density at radius 3 is 2.86 bits per heavy atom. The van der Waals surface area contributed by atoms with Crippen LogP contribution in [0.3, 0.4) is 0 Å². The number of nitrogens with zero attached hydrogens (tertiary/aromatic N) is 3. The third-order valence-electron chi connectivity index (χ3n) is 3.99. The molecule has 0 aliphatic carbocycles. The molecule has 0 aliphatic rings. The molecule has 0 fully saturated rings. The highest BCUT2D eigenvalue weighted by molar-refractivity contribution is 7.14. The second-order valence-electron chi connectivity index (χ2n) is 5.97. The number of halogens is 1. The molecule has 0 unspecified atom stereocenters. The van der Waals surface area contributed by atoms with Crippen molar-refractivity contribution in [2.75, 3.05) is 12.4 Å². The Hall–Kier alpha value is -2.71. The molecule has 1 N–H and O–H groups in total. The monoisotopic (exact) mass is 418 g/mol. The molecule has 7 nitrogen and oxygen atoms in total. The molecule has 0 aliphatic heterocycles. The number of anilines is 1. The number of hydrogen-bond acceptors (Lipinski definition) is 6. The van der Waals surface area contributed by atoms with Gasteiger partial charge in [-0.25, -0.2) is 9.67 Å². The van der Waals surface area contributed by atoms with Gasteiger partial charge in [-0.3, -0.25) is 14.9 Å². The van der Waals surface area contributed by atoms with Crippen molar-refractivity contribution >= 4 is 34.0 Å². The fourth-order valence-electron chi connectivity index (χ4n) is 2.49. The number of hydrogen-bond donors (Lipinski definition) is 1. The molecule has 0 radical (unpaired) electrons. The van der Waals surface area contributed by atoms with E-state index in [0.29, 0.717) is 28.1 Å². The van der Waals surface area contributed by atoms with Crippen LogP contribution < -0.4 is 15.6 Å². The van der Waals surface area contributed by atoms with Crippen LogP contribution in [0, 0.1) is 0 Å². The summed E-state index contributed by atoms with van der Waals surface area (Å²) < 4.78 is 6.46. The average Bonchev–Trinajstić information content (AvgIpc) is 3.15. The topological polar surface area (TPSA) is 86.1 Å². The summed E-state index contributed by atoms with van der Waals surface area (Å²) in [6.07, 6.45) is 1.75. The van der Waals surface area contributed by atoms with Crippen molar-refractivity contribution in [1.29, 1.82) is 0 Å². The lowest BCUT2D eigenvalue weighted by Gasteiger charge is -2.06. The minimum atomic E-state index is -0.418. The van der Waals surface area contributed by atoms with Gasteiger partial charge < -0.3 is 4.74 Å². The first-order chi connectivity index (χ1) is 13.5.